The summed E-state index contributed by atoms with van der Waals surface area (Å²) in [7, 11) is 2.01. The number of imidazole rings is 1. The Balaban J connectivity index is 1.77. The highest BCUT2D eigenvalue weighted by Gasteiger charge is 2.10. The van der Waals surface area contributed by atoms with Crippen molar-refractivity contribution in [2.24, 2.45) is 7.05 Å². The predicted octanol–water partition coefficient (Wildman–Crippen LogP) is 3.07. The molecule has 0 spiro atoms. The fourth-order valence-corrected chi connectivity index (χ4v) is 2.71. The Labute approximate surface area is 121 Å². The van der Waals surface area contributed by atoms with Crippen LogP contribution in [0.4, 0.5) is 0 Å². The molecule has 0 saturated heterocycles. The lowest BCUT2D eigenvalue weighted by Gasteiger charge is -2.04. The maximum atomic E-state index is 5.36. The van der Waals surface area contributed by atoms with Crippen LogP contribution in [0, 0.1) is 6.92 Å². The number of aryl methyl sites for hydroxylation is 1. The van der Waals surface area contributed by atoms with Crippen molar-refractivity contribution in [2.45, 2.75) is 17.8 Å². The zero-order valence-corrected chi connectivity index (χ0v) is 12.1. The lowest BCUT2D eigenvalue weighted by atomic mass is 10.2. The molecule has 0 saturated carbocycles. The third kappa shape index (κ3) is 2.60. The minimum absolute atomic E-state index is 0.588. The number of nitrogens with zero attached hydrogens (tertiary/aromatic N) is 4. The van der Waals surface area contributed by atoms with E-state index < -0.39 is 0 Å². The number of hydrogen-bond donors (Lipinski definition) is 0. The van der Waals surface area contributed by atoms with Gasteiger partial charge in [0.05, 0.1) is 17.6 Å². The largest absolute Gasteiger partial charge is 0.425 e. The lowest BCUT2D eigenvalue weighted by Crippen LogP contribution is -1.94. The molecule has 0 radical (unpaired) electrons. The first-order chi connectivity index (χ1) is 9.74. The molecule has 0 amide bonds. The minimum atomic E-state index is 0.588. The van der Waals surface area contributed by atoms with Gasteiger partial charge in [0.25, 0.3) is 0 Å². The van der Waals surface area contributed by atoms with Crippen molar-refractivity contribution in [3.63, 3.8) is 0 Å². The Hall–Kier alpha value is -2.08. The van der Waals surface area contributed by atoms with Crippen molar-refractivity contribution in [3.8, 4) is 11.3 Å². The lowest BCUT2D eigenvalue weighted by molar-refractivity contribution is 0.485. The summed E-state index contributed by atoms with van der Waals surface area (Å²) < 4.78 is 7.43. The maximum Gasteiger partial charge on any atom is 0.226 e. The monoisotopic (exact) mass is 286 g/mol. The minimum Gasteiger partial charge on any atom is -0.425 e. The summed E-state index contributed by atoms with van der Waals surface area (Å²) in [5, 5.41) is 8.73. The van der Waals surface area contributed by atoms with Gasteiger partial charge in [-0.1, -0.05) is 42.1 Å². The molecule has 0 aliphatic rings. The van der Waals surface area contributed by atoms with Gasteiger partial charge in [0.1, 0.15) is 0 Å². The number of rotatable bonds is 4. The van der Waals surface area contributed by atoms with E-state index in [2.05, 4.69) is 31.9 Å². The first-order valence-corrected chi connectivity index (χ1v) is 7.21. The molecule has 102 valence electrons. The highest BCUT2D eigenvalue weighted by Crippen LogP contribution is 2.26. The van der Waals surface area contributed by atoms with Gasteiger partial charge in [0.2, 0.25) is 11.8 Å². The van der Waals surface area contributed by atoms with Gasteiger partial charge < -0.3 is 8.98 Å². The van der Waals surface area contributed by atoms with Crippen molar-refractivity contribution in [3.05, 3.63) is 48.3 Å². The second kappa shape index (κ2) is 5.50. The Morgan fingerprint density at radius 1 is 1.20 bits per heavy atom. The molecule has 2 heterocycles. The fraction of sp³-hybridized carbons (Fsp3) is 0.214. The van der Waals surface area contributed by atoms with Gasteiger partial charge in [-0.3, -0.25) is 0 Å². The summed E-state index contributed by atoms with van der Waals surface area (Å²) >= 11 is 1.58. The summed E-state index contributed by atoms with van der Waals surface area (Å²) in [5.41, 5.74) is 2.25. The number of benzene rings is 1. The van der Waals surface area contributed by atoms with Crippen LogP contribution in [0.2, 0.25) is 0 Å². The Morgan fingerprint density at radius 3 is 2.70 bits per heavy atom. The predicted molar refractivity (Wildman–Crippen MR) is 77.2 cm³/mol. The average molecular weight is 286 g/mol. The van der Waals surface area contributed by atoms with Crippen molar-refractivity contribution in [1.29, 1.82) is 0 Å². The van der Waals surface area contributed by atoms with E-state index in [9.17, 15) is 0 Å². The van der Waals surface area contributed by atoms with Crippen molar-refractivity contribution in [2.75, 3.05) is 0 Å². The molecule has 3 aromatic rings. The molecule has 0 N–H and O–H groups in total. The van der Waals surface area contributed by atoms with Crippen LogP contribution in [0.25, 0.3) is 11.3 Å². The second-order valence-corrected chi connectivity index (χ2v) is 5.30. The fourth-order valence-electron chi connectivity index (χ4n) is 1.93. The van der Waals surface area contributed by atoms with Gasteiger partial charge in [-0.05, 0) is 5.56 Å². The van der Waals surface area contributed by atoms with E-state index in [0.29, 0.717) is 17.5 Å². The van der Waals surface area contributed by atoms with E-state index in [1.54, 1.807) is 18.7 Å². The molecule has 6 heteroatoms. The molecular weight excluding hydrogens is 272 g/mol. The van der Waals surface area contributed by atoms with Crippen LogP contribution < -0.4 is 0 Å². The summed E-state index contributed by atoms with van der Waals surface area (Å²) in [6.07, 6.45) is 1.89. The Morgan fingerprint density at radius 2 is 2.00 bits per heavy atom. The van der Waals surface area contributed by atoms with Crippen molar-refractivity contribution in [1.82, 2.24) is 19.7 Å². The van der Waals surface area contributed by atoms with Crippen LogP contribution in [-0.4, -0.2) is 19.7 Å². The van der Waals surface area contributed by atoms with Crippen molar-refractivity contribution < 1.29 is 4.42 Å². The maximum absolute atomic E-state index is 5.36. The molecule has 5 nitrogen and oxygen atoms in total. The zero-order chi connectivity index (χ0) is 13.9. The van der Waals surface area contributed by atoms with Gasteiger partial charge in [-0.25, -0.2) is 4.98 Å². The van der Waals surface area contributed by atoms with Gasteiger partial charge in [-0.2, -0.15) is 0 Å². The molecule has 0 bridgehead atoms. The third-order valence-electron chi connectivity index (χ3n) is 2.91. The second-order valence-electron chi connectivity index (χ2n) is 4.35. The summed E-state index contributed by atoms with van der Waals surface area (Å²) in [6, 6.07) is 10.2. The molecule has 0 aliphatic heterocycles. The summed E-state index contributed by atoms with van der Waals surface area (Å²) in [4.78, 5) is 4.45. The first-order valence-electron chi connectivity index (χ1n) is 6.23. The smallest absolute Gasteiger partial charge is 0.226 e. The molecule has 2 aromatic heterocycles. The van der Waals surface area contributed by atoms with Crippen molar-refractivity contribution >= 4 is 11.8 Å². The van der Waals surface area contributed by atoms with Gasteiger partial charge in [0.15, 0.2) is 5.16 Å². The summed E-state index contributed by atoms with van der Waals surface area (Å²) in [6.45, 7) is 1.79. The van der Waals surface area contributed by atoms with Crippen LogP contribution in [0.1, 0.15) is 11.8 Å². The van der Waals surface area contributed by atoms with Crippen LogP contribution in [0.15, 0.2) is 46.1 Å². The molecule has 1 aromatic carbocycles. The molecule has 0 atom stereocenters. The van der Waals surface area contributed by atoms with Gasteiger partial charge in [-0.15, -0.1) is 10.2 Å². The standard InChI is InChI=1S/C14H14N4OS/c1-10-16-17-13(19-10)9-20-14-15-8-12(18(14)2)11-6-4-3-5-7-11/h3-8H,9H2,1-2H3. The van der Waals surface area contributed by atoms with E-state index in [4.69, 9.17) is 4.42 Å². The molecule has 0 unspecified atom stereocenters. The van der Waals surface area contributed by atoms with E-state index in [-0.39, 0.29) is 0 Å². The van der Waals surface area contributed by atoms with Crippen LogP contribution in [0.5, 0.6) is 0 Å². The first kappa shape index (κ1) is 12.9. The molecular formula is C14H14N4OS. The highest BCUT2D eigenvalue weighted by molar-refractivity contribution is 7.98. The van der Waals surface area contributed by atoms with Crippen LogP contribution in [0.3, 0.4) is 0 Å². The normalized spacial score (nSPS) is 10.9. The number of hydrogen-bond acceptors (Lipinski definition) is 5. The Kier molecular flexibility index (Phi) is 3.56. The zero-order valence-electron chi connectivity index (χ0n) is 11.3. The van der Waals surface area contributed by atoms with Gasteiger partial charge >= 0.3 is 0 Å². The number of thioether (sulfide) groups is 1. The van der Waals surface area contributed by atoms with Gasteiger partial charge in [0, 0.05) is 14.0 Å². The third-order valence-corrected chi connectivity index (χ3v) is 3.94. The molecule has 0 aliphatic carbocycles. The molecule has 0 fully saturated rings. The average Bonchev–Trinajstić information content (AvgIpc) is 3.04. The quantitative estimate of drug-likeness (QED) is 0.690. The van der Waals surface area contributed by atoms with E-state index in [1.807, 2.05) is 31.4 Å². The summed E-state index contributed by atoms with van der Waals surface area (Å²) in [5.74, 6) is 1.84. The SMILES string of the molecule is Cc1nnc(CSc2ncc(-c3ccccc3)n2C)o1. The number of aromatic nitrogens is 4. The van der Waals surface area contributed by atoms with Crippen LogP contribution >= 0.6 is 11.8 Å². The van der Waals surface area contributed by atoms with E-state index in [1.165, 1.54) is 0 Å². The Bertz CT molecular complexity index is 705. The topological polar surface area (TPSA) is 56.7 Å². The molecule has 20 heavy (non-hydrogen) atoms. The van der Waals surface area contributed by atoms with E-state index in [0.717, 1.165) is 16.4 Å². The highest BCUT2D eigenvalue weighted by atomic mass is 32.2. The van der Waals surface area contributed by atoms with Crippen LogP contribution in [-0.2, 0) is 12.8 Å². The van der Waals surface area contributed by atoms with E-state index >= 15 is 0 Å². The molecule has 3 rings (SSSR count).